The van der Waals surface area contributed by atoms with Crippen molar-refractivity contribution in [2.45, 2.75) is 24.3 Å². The van der Waals surface area contributed by atoms with Crippen LogP contribution in [0.3, 0.4) is 0 Å². The topological polar surface area (TPSA) is 66.5 Å². The van der Waals surface area contributed by atoms with Gasteiger partial charge in [-0.1, -0.05) is 19.1 Å². The van der Waals surface area contributed by atoms with Gasteiger partial charge in [0, 0.05) is 10.5 Å². The van der Waals surface area contributed by atoms with Gasteiger partial charge in [0.2, 0.25) is 11.8 Å². The Morgan fingerprint density at radius 3 is 2.57 bits per heavy atom. The van der Waals surface area contributed by atoms with Gasteiger partial charge in [-0.15, -0.1) is 11.8 Å². The van der Waals surface area contributed by atoms with E-state index in [0.717, 1.165) is 4.90 Å². The lowest BCUT2D eigenvalue weighted by Crippen LogP contribution is -2.58. The molecule has 21 heavy (non-hydrogen) atoms. The second-order valence-electron chi connectivity index (χ2n) is 4.89. The molecule has 1 aromatic rings. The summed E-state index contributed by atoms with van der Waals surface area (Å²) in [6, 6.07) is 6.92. The van der Waals surface area contributed by atoms with E-state index in [1.165, 1.54) is 0 Å². The van der Waals surface area contributed by atoms with E-state index in [1.54, 1.807) is 28.8 Å². The third kappa shape index (κ3) is 3.71. The maximum atomic E-state index is 12.3. The molecule has 1 heterocycles. The maximum Gasteiger partial charge on any atom is 0.243 e. The molecule has 0 aliphatic carbocycles. The summed E-state index contributed by atoms with van der Waals surface area (Å²) >= 11 is 1.61. The number of nitrogens with zero attached hydrogens (tertiary/aromatic N) is 1. The zero-order valence-electron chi connectivity index (χ0n) is 12.1. The van der Waals surface area contributed by atoms with Crippen LogP contribution in [-0.4, -0.2) is 47.9 Å². The Bertz CT molecular complexity index is 557. The van der Waals surface area contributed by atoms with E-state index in [9.17, 15) is 14.4 Å². The molecule has 0 bridgehead atoms. The first-order valence-electron chi connectivity index (χ1n) is 6.80. The Balaban J connectivity index is 2.09. The monoisotopic (exact) mass is 306 g/mol. The van der Waals surface area contributed by atoms with Crippen molar-refractivity contribution in [1.82, 2.24) is 10.2 Å². The van der Waals surface area contributed by atoms with Crippen molar-refractivity contribution in [3.8, 4) is 0 Å². The van der Waals surface area contributed by atoms with E-state index in [-0.39, 0.29) is 30.7 Å². The second kappa shape index (κ2) is 6.87. The smallest absolute Gasteiger partial charge is 0.243 e. The molecule has 1 aliphatic rings. The Labute approximate surface area is 128 Å². The molecule has 1 unspecified atom stereocenters. The average Bonchev–Trinajstić information content (AvgIpc) is 2.47. The predicted octanol–water partition coefficient (Wildman–Crippen LogP) is 1.33. The quantitative estimate of drug-likeness (QED) is 0.505. The van der Waals surface area contributed by atoms with Crippen molar-refractivity contribution < 1.29 is 14.4 Å². The number of amides is 2. The first kappa shape index (κ1) is 15.7. The molecule has 6 heteroatoms. The molecule has 5 nitrogen and oxygen atoms in total. The highest BCUT2D eigenvalue weighted by atomic mass is 32.2. The van der Waals surface area contributed by atoms with Crippen molar-refractivity contribution in [2.24, 2.45) is 0 Å². The van der Waals surface area contributed by atoms with E-state index in [1.807, 2.05) is 25.3 Å². The summed E-state index contributed by atoms with van der Waals surface area (Å²) in [7, 11) is 0. The van der Waals surface area contributed by atoms with E-state index in [0.29, 0.717) is 12.0 Å². The van der Waals surface area contributed by atoms with Crippen LogP contribution in [0.5, 0.6) is 0 Å². The van der Waals surface area contributed by atoms with E-state index in [2.05, 4.69) is 5.32 Å². The fourth-order valence-electron chi connectivity index (χ4n) is 2.38. The van der Waals surface area contributed by atoms with Crippen LogP contribution in [0, 0.1) is 0 Å². The van der Waals surface area contributed by atoms with Crippen LogP contribution in [-0.2, 0) is 9.59 Å². The Kier molecular flexibility index (Phi) is 5.14. The van der Waals surface area contributed by atoms with E-state index >= 15 is 0 Å². The van der Waals surface area contributed by atoms with Crippen LogP contribution >= 0.6 is 11.8 Å². The third-order valence-corrected chi connectivity index (χ3v) is 4.24. The van der Waals surface area contributed by atoms with Gasteiger partial charge in [-0.3, -0.25) is 24.6 Å². The minimum atomic E-state index is -0.419. The van der Waals surface area contributed by atoms with Gasteiger partial charge in [0.15, 0.2) is 5.78 Å². The summed E-state index contributed by atoms with van der Waals surface area (Å²) in [6.45, 7) is 2.03. The number of thioether (sulfide) groups is 1. The van der Waals surface area contributed by atoms with Crippen molar-refractivity contribution >= 4 is 29.4 Å². The standard InChI is InChI=1S/C15H18N2O3S/c1-3-12-15(20)16-14(19)9-17(12)8-13(18)10-4-6-11(21-2)7-5-10/h4-7,12H,3,8-9H2,1-2H3,(H,16,19,20). The minimum Gasteiger partial charge on any atom is -0.294 e. The zero-order chi connectivity index (χ0) is 15.4. The molecule has 1 N–H and O–H groups in total. The lowest BCUT2D eigenvalue weighted by molar-refractivity contribution is -0.139. The zero-order valence-corrected chi connectivity index (χ0v) is 12.9. The molecule has 2 rings (SSSR count). The number of hydrogen-bond donors (Lipinski definition) is 1. The summed E-state index contributed by atoms with van der Waals surface area (Å²) in [6.07, 6.45) is 2.54. The van der Waals surface area contributed by atoms with E-state index in [4.69, 9.17) is 0 Å². The molecule has 1 atom stereocenters. The molecule has 0 saturated carbocycles. The molecule has 1 aliphatic heterocycles. The lowest BCUT2D eigenvalue weighted by atomic mass is 10.1. The summed E-state index contributed by atoms with van der Waals surface area (Å²) in [5, 5.41) is 2.30. The molecule has 0 radical (unpaired) electrons. The highest BCUT2D eigenvalue weighted by Crippen LogP contribution is 2.16. The molecule has 1 aromatic carbocycles. The number of Topliss-reactive ketones (excluding diaryl/α,β-unsaturated/α-hetero) is 1. The van der Waals surface area contributed by atoms with Crippen LogP contribution in [0.4, 0.5) is 0 Å². The summed E-state index contributed by atoms with van der Waals surface area (Å²) in [4.78, 5) is 38.2. The number of benzene rings is 1. The maximum absolute atomic E-state index is 12.3. The molecular formula is C15H18N2O3S. The largest absolute Gasteiger partial charge is 0.294 e. The van der Waals surface area contributed by atoms with Gasteiger partial charge in [0.05, 0.1) is 19.1 Å². The van der Waals surface area contributed by atoms with Crippen molar-refractivity contribution in [1.29, 1.82) is 0 Å². The molecule has 112 valence electrons. The van der Waals surface area contributed by atoms with Gasteiger partial charge in [-0.25, -0.2) is 0 Å². The molecular weight excluding hydrogens is 288 g/mol. The van der Waals surface area contributed by atoms with Gasteiger partial charge in [-0.2, -0.15) is 0 Å². The minimum absolute atomic E-state index is 0.0796. The molecule has 1 saturated heterocycles. The second-order valence-corrected chi connectivity index (χ2v) is 5.77. The fourth-order valence-corrected chi connectivity index (χ4v) is 2.79. The van der Waals surface area contributed by atoms with Gasteiger partial charge in [0.1, 0.15) is 0 Å². The first-order valence-corrected chi connectivity index (χ1v) is 8.02. The Morgan fingerprint density at radius 2 is 2.00 bits per heavy atom. The van der Waals surface area contributed by atoms with Crippen LogP contribution in [0.2, 0.25) is 0 Å². The number of hydrogen-bond acceptors (Lipinski definition) is 5. The van der Waals surface area contributed by atoms with E-state index < -0.39 is 6.04 Å². The normalized spacial score (nSPS) is 19.4. The SMILES string of the molecule is CCC1C(=O)NC(=O)CN1CC(=O)c1ccc(SC)cc1. The van der Waals surface area contributed by atoms with Gasteiger partial charge in [-0.05, 0) is 24.8 Å². The molecule has 0 aromatic heterocycles. The summed E-state index contributed by atoms with van der Waals surface area (Å²) < 4.78 is 0. The third-order valence-electron chi connectivity index (χ3n) is 3.50. The fraction of sp³-hybridized carbons (Fsp3) is 0.400. The van der Waals surface area contributed by atoms with Gasteiger partial charge >= 0.3 is 0 Å². The van der Waals surface area contributed by atoms with Crippen LogP contribution in [0.15, 0.2) is 29.2 Å². The number of ketones is 1. The number of carbonyl (C=O) groups is 3. The van der Waals surface area contributed by atoms with Gasteiger partial charge < -0.3 is 0 Å². The molecule has 1 fully saturated rings. The van der Waals surface area contributed by atoms with Crippen LogP contribution in [0.25, 0.3) is 0 Å². The lowest BCUT2D eigenvalue weighted by Gasteiger charge is -2.32. The van der Waals surface area contributed by atoms with Crippen LogP contribution < -0.4 is 5.32 Å². The summed E-state index contributed by atoms with van der Waals surface area (Å²) in [5.41, 5.74) is 0.598. The number of rotatable bonds is 5. The number of piperazine rings is 1. The molecule has 2 amide bonds. The predicted molar refractivity (Wildman–Crippen MR) is 81.4 cm³/mol. The Morgan fingerprint density at radius 1 is 1.33 bits per heavy atom. The highest BCUT2D eigenvalue weighted by molar-refractivity contribution is 7.98. The summed E-state index contributed by atoms with van der Waals surface area (Å²) in [5.74, 6) is -0.752. The first-order chi connectivity index (χ1) is 10.0. The Hall–Kier alpha value is -1.66. The molecule has 0 spiro atoms. The van der Waals surface area contributed by atoms with Crippen molar-refractivity contribution in [3.63, 3.8) is 0 Å². The van der Waals surface area contributed by atoms with Gasteiger partial charge in [0.25, 0.3) is 0 Å². The number of imide groups is 1. The van der Waals surface area contributed by atoms with Crippen molar-refractivity contribution in [2.75, 3.05) is 19.3 Å². The average molecular weight is 306 g/mol. The number of carbonyl (C=O) groups excluding carboxylic acids is 3. The van der Waals surface area contributed by atoms with Crippen molar-refractivity contribution in [3.05, 3.63) is 29.8 Å². The number of nitrogens with one attached hydrogen (secondary N) is 1. The highest BCUT2D eigenvalue weighted by Gasteiger charge is 2.33. The van der Waals surface area contributed by atoms with Crippen LogP contribution in [0.1, 0.15) is 23.7 Å².